The summed E-state index contributed by atoms with van der Waals surface area (Å²) in [4.78, 5) is 25.4. The van der Waals surface area contributed by atoms with E-state index in [1.54, 1.807) is 43.3 Å². The van der Waals surface area contributed by atoms with Crippen molar-refractivity contribution in [2.75, 3.05) is 6.61 Å². The van der Waals surface area contributed by atoms with Gasteiger partial charge in [0.2, 0.25) is 5.78 Å². The maximum absolute atomic E-state index is 13.3. The molecular formula is C20H17FN4O4. The van der Waals surface area contributed by atoms with Crippen LogP contribution >= 0.6 is 0 Å². The fraction of sp³-hybridized carbons (Fsp3) is 0.150. The molecule has 3 rings (SSSR count). The number of ether oxygens (including phenoxy) is 1. The predicted octanol–water partition coefficient (Wildman–Crippen LogP) is 1.33. The number of Topliss-reactive ketones (excluding diaryl/α,β-unsaturated/α-hetero) is 1. The van der Waals surface area contributed by atoms with Crippen molar-refractivity contribution in [2.24, 2.45) is 5.10 Å². The first-order valence-corrected chi connectivity index (χ1v) is 8.75. The van der Waals surface area contributed by atoms with E-state index in [2.05, 4.69) is 10.3 Å². The molecule has 148 valence electrons. The van der Waals surface area contributed by atoms with Gasteiger partial charge in [-0.15, -0.1) is 4.68 Å². The number of nitrogens with zero attached hydrogens (tertiary/aromatic N) is 4. The van der Waals surface area contributed by atoms with Crippen molar-refractivity contribution >= 4 is 18.0 Å². The summed E-state index contributed by atoms with van der Waals surface area (Å²) < 4.78 is 19.1. The molecule has 0 spiro atoms. The quantitative estimate of drug-likeness (QED) is 0.260. The van der Waals surface area contributed by atoms with E-state index in [1.165, 1.54) is 24.4 Å². The number of esters is 1. The van der Waals surface area contributed by atoms with Crippen molar-refractivity contribution in [1.82, 2.24) is 10.0 Å². The molecule has 0 aliphatic carbocycles. The van der Waals surface area contributed by atoms with E-state index in [9.17, 15) is 19.1 Å². The molecular weight excluding hydrogens is 379 g/mol. The number of carbonyl (C=O) groups is 2. The third-order valence-corrected chi connectivity index (χ3v) is 3.86. The summed E-state index contributed by atoms with van der Waals surface area (Å²) in [6.07, 6.45) is 1.22. The van der Waals surface area contributed by atoms with Gasteiger partial charge in [-0.05, 0) is 29.4 Å². The number of carbonyl (C=O) groups excluding carboxylic acids is 2. The zero-order valence-corrected chi connectivity index (χ0v) is 15.5. The Morgan fingerprint density at radius 3 is 2.69 bits per heavy atom. The van der Waals surface area contributed by atoms with E-state index in [-0.39, 0.29) is 18.9 Å². The Bertz CT molecular complexity index is 1060. The highest BCUT2D eigenvalue weighted by Crippen LogP contribution is 2.11. The van der Waals surface area contributed by atoms with Gasteiger partial charge in [-0.25, -0.2) is 9.18 Å². The normalized spacial score (nSPS) is 11.0. The van der Waals surface area contributed by atoms with Crippen molar-refractivity contribution in [3.63, 3.8) is 0 Å². The third kappa shape index (κ3) is 4.70. The van der Waals surface area contributed by atoms with Crippen LogP contribution in [0.5, 0.6) is 5.88 Å². The summed E-state index contributed by atoms with van der Waals surface area (Å²) >= 11 is 0. The Morgan fingerprint density at radius 2 is 2.00 bits per heavy atom. The van der Waals surface area contributed by atoms with Crippen LogP contribution < -0.4 is 9.79 Å². The van der Waals surface area contributed by atoms with Gasteiger partial charge in [-0.3, -0.25) is 4.79 Å². The molecule has 0 aliphatic rings. The van der Waals surface area contributed by atoms with E-state index >= 15 is 0 Å². The lowest BCUT2D eigenvalue weighted by molar-refractivity contribution is -0.745. The van der Waals surface area contributed by atoms with Crippen molar-refractivity contribution in [1.29, 1.82) is 0 Å². The topological polar surface area (TPSA) is 100 Å². The zero-order chi connectivity index (χ0) is 20.8. The highest BCUT2D eigenvalue weighted by atomic mass is 19.1. The van der Waals surface area contributed by atoms with Crippen LogP contribution in [0, 0.1) is 5.82 Å². The van der Waals surface area contributed by atoms with Crippen LogP contribution in [0.4, 0.5) is 4.39 Å². The second-order valence-electron chi connectivity index (χ2n) is 5.90. The Kier molecular flexibility index (Phi) is 6.08. The van der Waals surface area contributed by atoms with Gasteiger partial charge < -0.3 is 9.84 Å². The van der Waals surface area contributed by atoms with Gasteiger partial charge in [0.15, 0.2) is 12.4 Å². The van der Waals surface area contributed by atoms with Crippen molar-refractivity contribution < 1.29 is 28.5 Å². The Hall–Kier alpha value is -3.88. The van der Waals surface area contributed by atoms with E-state index in [1.807, 2.05) is 0 Å². The van der Waals surface area contributed by atoms with E-state index in [0.29, 0.717) is 15.9 Å². The number of hydrogen-bond acceptors (Lipinski definition) is 6. The molecule has 0 N–H and O–H groups in total. The molecule has 1 heterocycles. The van der Waals surface area contributed by atoms with Gasteiger partial charge in [0.05, 0.1) is 12.8 Å². The standard InChI is InChI=1S/C20H17FN4O4/c1-2-29-20(28)18-19(27)25(22-12-14-7-6-10-16(21)11-14)23-24(18)13-17(26)15-8-4-3-5-9-15/h3-12H,2,13H2,1H3. The summed E-state index contributed by atoms with van der Waals surface area (Å²) in [7, 11) is 0. The molecule has 3 aromatic rings. The molecule has 8 nitrogen and oxygen atoms in total. The van der Waals surface area contributed by atoms with Gasteiger partial charge in [0, 0.05) is 5.56 Å². The molecule has 0 bridgehead atoms. The lowest BCUT2D eigenvalue weighted by Gasteiger charge is -2.03. The molecule has 1 aromatic heterocycles. The highest BCUT2D eigenvalue weighted by Gasteiger charge is 2.29. The molecule has 0 radical (unpaired) electrons. The summed E-state index contributed by atoms with van der Waals surface area (Å²) in [5.41, 5.74) is 0.372. The van der Waals surface area contributed by atoms with E-state index in [4.69, 9.17) is 4.74 Å². The Labute approximate surface area is 165 Å². The van der Waals surface area contributed by atoms with Crippen LogP contribution in [-0.4, -0.2) is 34.6 Å². The first-order valence-electron chi connectivity index (χ1n) is 8.75. The van der Waals surface area contributed by atoms with Crippen LogP contribution in [-0.2, 0) is 11.3 Å². The van der Waals surface area contributed by atoms with Crippen LogP contribution in [0.3, 0.4) is 0 Å². The molecule has 0 unspecified atom stereocenters. The second kappa shape index (κ2) is 8.87. The summed E-state index contributed by atoms with van der Waals surface area (Å²) in [5.74, 6) is -2.57. The fourth-order valence-corrected chi connectivity index (χ4v) is 2.53. The number of halogens is 1. The third-order valence-electron chi connectivity index (χ3n) is 3.86. The minimum Gasteiger partial charge on any atom is -0.836 e. The summed E-state index contributed by atoms with van der Waals surface area (Å²) in [6, 6.07) is 14.0. The molecule has 0 fully saturated rings. The molecule has 0 aliphatic heterocycles. The van der Waals surface area contributed by atoms with Crippen molar-refractivity contribution in [2.45, 2.75) is 13.5 Å². The average molecular weight is 396 g/mol. The average Bonchev–Trinajstić information content (AvgIpc) is 3.02. The van der Waals surface area contributed by atoms with Gasteiger partial charge in [-0.1, -0.05) is 47.6 Å². The first-order chi connectivity index (χ1) is 14.0. The summed E-state index contributed by atoms with van der Waals surface area (Å²) in [6.45, 7) is 1.28. The molecule has 0 saturated heterocycles. The lowest BCUT2D eigenvalue weighted by Crippen LogP contribution is -2.45. The molecule has 0 saturated carbocycles. The Morgan fingerprint density at radius 1 is 1.24 bits per heavy atom. The molecule has 29 heavy (non-hydrogen) atoms. The highest BCUT2D eigenvalue weighted by molar-refractivity contribution is 5.95. The number of aromatic nitrogens is 3. The lowest BCUT2D eigenvalue weighted by atomic mass is 10.1. The van der Waals surface area contributed by atoms with Crippen LogP contribution in [0.1, 0.15) is 33.3 Å². The Balaban J connectivity index is 1.95. The monoisotopic (exact) mass is 396 g/mol. The first kappa shape index (κ1) is 19.9. The van der Waals surface area contributed by atoms with Gasteiger partial charge in [0.25, 0.3) is 5.69 Å². The van der Waals surface area contributed by atoms with Gasteiger partial charge >= 0.3 is 5.97 Å². The largest absolute Gasteiger partial charge is 0.836 e. The number of ketones is 1. The van der Waals surface area contributed by atoms with E-state index in [0.717, 1.165) is 4.68 Å². The number of hydrogen-bond donors (Lipinski definition) is 0. The zero-order valence-electron chi connectivity index (χ0n) is 15.5. The van der Waals surface area contributed by atoms with Crippen LogP contribution in [0.25, 0.3) is 0 Å². The number of rotatable bonds is 7. The predicted molar refractivity (Wildman–Crippen MR) is 98.0 cm³/mol. The van der Waals surface area contributed by atoms with Gasteiger partial charge in [0.1, 0.15) is 11.0 Å². The minimum atomic E-state index is -0.912. The molecule has 0 amide bonds. The molecule has 0 atom stereocenters. The molecule has 9 heteroatoms. The second-order valence-corrected chi connectivity index (χ2v) is 5.90. The van der Waals surface area contributed by atoms with Gasteiger partial charge in [-0.2, -0.15) is 0 Å². The fourth-order valence-electron chi connectivity index (χ4n) is 2.53. The summed E-state index contributed by atoms with van der Waals surface area (Å²) in [5, 5.41) is 20.4. The van der Waals surface area contributed by atoms with Crippen LogP contribution in [0.2, 0.25) is 0 Å². The van der Waals surface area contributed by atoms with Crippen molar-refractivity contribution in [3.8, 4) is 5.88 Å². The molecule has 2 aromatic carbocycles. The number of benzene rings is 2. The maximum Gasteiger partial charge on any atom is 0.383 e. The minimum absolute atomic E-state index is 0.0443. The smallest absolute Gasteiger partial charge is 0.383 e. The SMILES string of the molecule is CCOC(=O)c1c([O-])n(N=Cc2cccc(F)c2)n[n+]1CC(=O)c1ccccc1. The van der Waals surface area contributed by atoms with E-state index < -0.39 is 23.4 Å². The maximum atomic E-state index is 13.3. The van der Waals surface area contributed by atoms with Crippen molar-refractivity contribution in [3.05, 3.63) is 77.2 Å². The van der Waals surface area contributed by atoms with Crippen LogP contribution in [0.15, 0.2) is 59.7 Å².